The summed E-state index contributed by atoms with van der Waals surface area (Å²) in [6.45, 7) is 3.56. The van der Waals surface area contributed by atoms with Gasteiger partial charge in [-0.3, -0.25) is 10.1 Å². The average Bonchev–Trinajstić information content (AvgIpc) is 3.31. The van der Waals surface area contributed by atoms with Crippen LogP contribution in [0.1, 0.15) is 35.1 Å². The first kappa shape index (κ1) is 16.1. The van der Waals surface area contributed by atoms with Gasteiger partial charge in [-0.1, -0.05) is 43.3 Å². The van der Waals surface area contributed by atoms with E-state index in [2.05, 4.69) is 46.9 Å². The second-order valence-corrected chi connectivity index (χ2v) is 7.23. The lowest BCUT2D eigenvalue weighted by molar-refractivity contribution is 0.0900. The Hall–Kier alpha value is -2.44. The first-order chi connectivity index (χ1) is 12.2. The summed E-state index contributed by atoms with van der Waals surface area (Å²) in [5.74, 6) is 0.319. The van der Waals surface area contributed by atoms with E-state index in [1.165, 1.54) is 5.56 Å². The Morgan fingerprint density at radius 2 is 2.16 bits per heavy atom. The van der Waals surface area contributed by atoms with Crippen LogP contribution in [0, 0.1) is 0 Å². The molecule has 5 nitrogen and oxygen atoms in total. The van der Waals surface area contributed by atoms with E-state index in [9.17, 15) is 4.79 Å². The van der Waals surface area contributed by atoms with Crippen LogP contribution in [0.15, 0.2) is 53.9 Å². The third kappa shape index (κ3) is 3.23. The average molecular weight is 352 g/mol. The summed E-state index contributed by atoms with van der Waals surface area (Å²) in [7, 11) is 0. The van der Waals surface area contributed by atoms with Crippen molar-refractivity contribution in [3.8, 4) is 10.6 Å². The fraction of sp³-hybridized carbons (Fsp3) is 0.263. The third-order valence-corrected chi connectivity index (χ3v) is 5.41. The summed E-state index contributed by atoms with van der Waals surface area (Å²) in [4.78, 5) is 13.3. The number of rotatable bonds is 5. The zero-order valence-corrected chi connectivity index (χ0v) is 14.8. The van der Waals surface area contributed by atoms with Crippen molar-refractivity contribution in [3.63, 3.8) is 0 Å². The first-order valence-electron chi connectivity index (χ1n) is 8.42. The highest BCUT2D eigenvalue weighted by Crippen LogP contribution is 2.26. The molecule has 2 aromatic heterocycles. The fourth-order valence-electron chi connectivity index (χ4n) is 3.08. The van der Waals surface area contributed by atoms with Crippen LogP contribution in [-0.2, 0) is 0 Å². The van der Waals surface area contributed by atoms with Gasteiger partial charge in [-0.15, -0.1) is 11.3 Å². The van der Waals surface area contributed by atoms with Crippen LogP contribution in [0.25, 0.3) is 10.6 Å². The van der Waals surface area contributed by atoms with Crippen molar-refractivity contribution < 1.29 is 4.79 Å². The molecule has 0 bridgehead atoms. The fourth-order valence-corrected chi connectivity index (χ4v) is 3.76. The van der Waals surface area contributed by atoms with Gasteiger partial charge < -0.3 is 5.32 Å². The number of hydrogen-bond donors (Lipinski definition) is 2. The number of fused-ring (bicyclic) bond motifs is 1. The normalized spacial score (nSPS) is 17.8. The Morgan fingerprint density at radius 1 is 1.32 bits per heavy atom. The van der Waals surface area contributed by atoms with Crippen molar-refractivity contribution in [2.45, 2.75) is 19.0 Å². The summed E-state index contributed by atoms with van der Waals surface area (Å²) in [6, 6.07) is 16.3. The molecule has 1 amide bonds. The Morgan fingerprint density at radius 3 is 2.92 bits per heavy atom. The van der Waals surface area contributed by atoms with Gasteiger partial charge in [0.2, 0.25) is 0 Å². The number of thiophene rings is 1. The van der Waals surface area contributed by atoms with Crippen LogP contribution in [0.4, 0.5) is 0 Å². The highest BCUT2D eigenvalue weighted by molar-refractivity contribution is 7.13. The van der Waals surface area contributed by atoms with E-state index in [0.29, 0.717) is 18.2 Å². The minimum Gasteiger partial charge on any atom is -0.347 e. The molecule has 2 atom stereocenters. The van der Waals surface area contributed by atoms with Crippen molar-refractivity contribution in [1.82, 2.24) is 20.4 Å². The minimum absolute atomic E-state index is 0.0347. The molecule has 1 aliphatic rings. The zero-order valence-electron chi connectivity index (χ0n) is 14.0. The molecule has 3 heterocycles. The molecule has 128 valence electrons. The van der Waals surface area contributed by atoms with Crippen molar-refractivity contribution in [1.29, 1.82) is 0 Å². The number of nitrogens with one attached hydrogen (secondary N) is 2. The van der Waals surface area contributed by atoms with Crippen LogP contribution < -0.4 is 10.6 Å². The van der Waals surface area contributed by atoms with Crippen molar-refractivity contribution in [3.05, 3.63) is 65.2 Å². The van der Waals surface area contributed by atoms with Gasteiger partial charge in [-0.05, 0) is 29.0 Å². The standard InChI is InChI=1S/C19H20N4OS/c1-13(14-6-3-2-4-7-14)11-20-18-12-21-19(24)16-10-15(22-23(16)18)17-8-5-9-25-17/h2-10,13,18,20H,11-12H2,1H3,(H,21,24)/t13-,18-/m1/s1. The van der Waals surface area contributed by atoms with E-state index in [-0.39, 0.29) is 12.1 Å². The molecule has 2 N–H and O–H groups in total. The number of carbonyl (C=O) groups excluding carboxylic acids is 1. The number of benzene rings is 1. The van der Waals surface area contributed by atoms with Gasteiger partial charge in [0.1, 0.15) is 17.6 Å². The Balaban J connectivity index is 1.52. The van der Waals surface area contributed by atoms with Crippen LogP contribution in [0.3, 0.4) is 0 Å². The molecule has 0 radical (unpaired) electrons. The largest absolute Gasteiger partial charge is 0.347 e. The summed E-state index contributed by atoms with van der Waals surface area (Å²) in [6.07, 6.45) is -0.0347. The molecule has 6 heteroatoms. The number of amides is 1. The third-order valence-electron chi connectivity index (χ3n) is 4.52. The number of aromatic nitrogens is 2. The topological polar surface area (TPSA) is 58.9 Å². The molecule has 0 saturated heterocycles. The van der Waals surface area contributed by atoms with E-state index in [4.69, 9.17) is 0 Å². The van der Waals surface area contributed by atoms with E-state index >= 15 is 0 Å². The number of hydrogen-bond acceptors (Lipinski definition) is 4. The second kappa shape index (κ2) is 6.82. The summed E-state index contributed by atoms with van der Waals surface area (Å²) in [5.41, 5.74) is 2.76. The van der Waals surface area contributed by atoms with Gasteiger partial charge in [0.25, 0.3) is 5.91 Å². The van der Waals surface area contributed by atoms with Crippen LogP contribution >= 0.6 is 11.3 Å². The lowest BCUT2D eigenvalue weighted by Gasteiger charge is -2.27. The van der Waals surface area contributed by atoms with E-state index in [1.54, 1.807) is 11.3 Å². The molecule has 0 unspecified atom stereocenters. The lowest BCUT2D eigenvalue weighted by Crippen LogP contribution is -2.46. The maximum absolute atomic E-state index is 12.2. The van der Waals surface area contributed by atoms with Gasteiger partial charge in [-0.2, -0.15) is 5.10 Å². The maximum atomic E-state index is 12.2. The Bertz CT molecular complexity index is 857. The van der Waals surface area contributed by atoms with Crippen LogP contribution in [0.2, 0.25) is 0 Å². The van der Waals surface area contributed by atoms with Crippen LogP contribution in [0.5, 0.6) is 0 Å². The monoisotopic (exact) mass is 352 g/mol. The SMILES string of the molecule is C[C@H](CN[C@H]1CNC(=O)c2cc(-c3cccs3)nn21)c1ccccc1. The first-order valence-corrected chi connectivity index (χ1v) is 9.30. The van der Waals surface area contributed by atoms with Gasteiger partial charge in [0, 0.05) is 6.54 Å². The summed E-state index contributed by atoms with van der Waals surface area (Å²) in [5, 5.41) is 13.2. The Labute approximate surface area is 150 Å². The molecule has 1 aromatic carbocycles. The van der Waals surface area contributed by atoms with Gasteiger partial charge >= 0.3 is 0 Å². The summed E-state index contributed by atoms with van der Waals surface area (Å²) < 4.78 is 1.82. The Kier molecular flexibility index (Phi) is 4.38. The quantitative estimate of drug-likeness (QED) is 0.741. The van der Waals surface area contributed by atoms with E-state index in [0.717, 1.165) is 17.1 Å². The number of nitrogens with zero attached hydrogens (tertiary/aromatic N) is 2. The molecule has 4 rings (SSSR count). The van der Waals surface area contributed by atoms with E-state index in [1.807, 2.05) is 34.3 Å². The smallest absolute Gasteiger partial charge is 0.269 e. The minimum atomic E-state index is -0.0653. The van der Waals surface area contributed by atoms with E-state index < -0.39 is 0 Å². The van der Waals surface area contributed by atoms with Crippen molar-refractivity contribution in [2.24, 2.45) is 0 Å². The maximum Gasteiger partial charge on any atom is 0.269 e. The predicted molar refractivity (Wildman–Crippen MR) is 99.8 cm³/mol. The van der Waals surface area contributed by atoms with Crippen molar-refractivity contribution >= 4 is 17.2 Å². The molecule has 3 aromatic rings. The summed E-state index contributed by atoms with van der Waals surface area (Å²) >= 11 is 1.63. The van der Waals surface area contributed by atoms with Crippen molar-refractivity contribution in [2.75, 3.05) is 13.1 Å². The predicted octanol–water partition coefficient (Wildman–Crippen LogP) is 3.25. The molecule has 25 heavy (non-hydrogen) atoms. The molecule has 0 saturated carbocycles. The highest BCUT2D eigenvalue weighted by Gasteiger charge is 2.27. The molecule has 0 spiro atoms. The molecular formula is C19H20N4OS. The highest BCUT2D eigenvalue weighted by atomic mass is 32.1. The molecular weight excluding hydrogens is 332 g/mol. The van der Waals surface area contributed by atoms with Crippen LogP contribution in [-0.4, -0.2) is 28.8 Å². The molecule has 0 fully saturated rings. The van der Waals surface area contributed by atoms with Gasteiger partial charge in [-0.25, -0.2) is 4.68 Å². The lowest BCUT2D eigenvalue weighted by atomic mass is 10.0. The van der Waals surface area contributed by atoms with Gasteiger partial charge in [0.05, 0.1) is 11.4 Å². The molecule has 0 aliphatic carbocycles. The molecule has 1 aliphatic heterocycles. The second-order valence-electron chi connectivity index (χ2n) is 6.28. The number of carbonyl (C=O) groups is 1. The van der Waals surface area contributed by atoms with Gasteiger partial charge in [0.15, 0.2) is 0 Å². The zero-order chi connectivity index (χ0) is 17.2.